The molecule has 1 aliphatic rings. The monoisotopic (exact) mass is 381 g/mol. The molecule has 1 aliphatic heterocycles. The highest BCUT2D eigenvalue weighted by atomic mass is 16.6. The number of ether oxygens (including phenoxy) is 1. The molecule has 0 aromatic heterocycles. The first-order valence-electron chi connectivity index (χ1n) is 8.59. The third-order valence-electron chi connectivity index (χ3n) is 4.62. The Morgan fingerprint density at radius 1 is 1.18 bits per heavy atom. The van der Waals surface area contributed by atoms with E-state index in [9.17, 15) is 19.7 Å². The number of hydrogen-bond acceptors (Lipinski definition) is 5. The van der Waals surface area contributed by atoms with Crippen molar-refractivity contribution in [1.82, 2.24) is 10.2 Å². The predicted molar refractivity (Wildman–Crippen MR) is 101 cm³/mol. The van der Waals surface area contributed by atoms with E-state index in [2.05, 4.69) is 5.32 Å². The second kappa shape index (κ2) is 7.91. The maximum atomic E-state index is 12.8. The van der Waals surface area contributed by atoms with Crippen LogP contribution in [0.1, 0.15) is 24.1 Å². The number of benzene rings is 2. The Kier molecular flexibility index (Phi) is 5.39. The molecule has 0 aliphatic carbocycles. The van der Waals surface area contributed by atoms with Crippen molar-refractivity contribution >= 4 is 17.7 Å². The van der Waals surface area contributed by atoms with Gasteiger partial charge in [-0.05, 0) is 30.2 Å². The molecule has 0 saturated carbocycles. The van der Waals surface area contributed by atoms with Crippen LogP contribution in [0.2, 0.25) is 0 Å². The molecule has 1 N–H and O–H groups in total. The number of urea groups is 1. The van der Waals surface area contributed by atoms with Crippen molar-refractivity contribution in [1.29, 1.82) is 0 Å². The van der Waals surface area contributed by atoms with Gasteiger partial charge in [-0.25, -0.2) is 9.59 Å². The second-order valence-corrected chi connectivity index (χ2v) is 6.35. The molecule has 3 rings (SSSR count). The summed E-state index contributed by atoms with van der Waals surface area (Å²) in [5.41, 5.74) is 2.07. The normalized spacial score (nSPS) is 16.6. The Morgan fingerprint density at radius 3 is 2.43 bits per heavy atom. The zero-order valence-corrected chi connectivity index (χ0v) is 15.4. The van der Waals surface area contributed by atoms with Gasteiger partial charge in [-0.15, -0.1) is 0 Å². The van der Waals surface area contributed by atoms with Crippen molar-refractivity contribution in [2.45, 2.75) is 19.6 Å². The smallest absolute Gasteiger partial charge is 0.338 e. The SMILES string of the molecule is CC1=C(C(=O)OCc2ccccc2)[C@@H](c2ccc([N+](=O)[O-])cc2)NC(=O)N1C. The molecule has 0 unspecified atom stereocenters. The Morgan fingerprint density at radius 2 is 1.82 bits per heavy atom. The summed E-state index contributed by atoms with van der Waals surface area (Å²) in [6.07, 6.45) is 0. The number of nitrogens with zero attached hydrogens (tertiary/aromatic N) is 2. The van der Waals surface area contributed by atoms with Crippen LogP contribution < -0.4 is 5.32 Å². The summed E-state index contributed by atoms with van der Waals surface area (Å²) in [4.78, 5) is 36.8. The van der Waals surface area contributed by atoms with Gasteiger partial charge in [0.25, 0.3) is 5.69 Å². The molecule has 0 fully saturated rings. The Bertz CT molecular complexity index is 938. The van der Waals surface area contributed by atoms with Crippen LogP contribution in [-0.2, 0) is 16.1 Å². The maximum Gasteiger partial charge on any atom is 0.338 e. The van der Waals surface area contributed by atoms with Crippen molar-refractivity contribution in [2.24, 2.45) is 0 Å². The first kappa shape index (κ1) is 19.1. The van der Waals surface area contributed by atoms with E-state index in [1.165, 1.54) is 29.2 Å². The Labute approximate surface area is 161 Å². The molecule has 2 aromatic carbocycles. The highest BCUT2D eigenvalue weighted by Crippen LogP contribution is 2.31. The highest BCUT2D eigenvalue weighted by Gasteiger charge is 2.35. The minimum atomic E-state index is -0.757. The molecule has 0 spiro atoms. The van der Waals surface area contributed by atoms with Gasteiger partial charge in [0.1, 0.15) is 6.61 Å². The lowest BCUT2D eigenvalue weighted by Crippen LogP contribution is -2.46. The van der Waals surface area contributed by atoms with Gasteiger partial charge >= 0.3 is 12.0 Å². The van der Waals surface area contributed by atoms with Crippen LogP contribution in [0.25, 0.3) is 0 Å². The number of nitro groups is 1. The molecule has 2 aromatic rings. The fraction of sp³-hybridized carbons (Fsp3) is 0.200. The van der Waals surface area contributed by atoms with Crippen molar-refractivity contribution in [3.05, 3.63) is 87.1 Å². The van der Waals surface area contributed by atoms with Crippen LogP contribution in [0.4, 0.5) is 10.5 Å². The number of allylic oxidation sites excluding steroid dienone is 1. The van der Waals surface area contributed by atoms with Gasteiger partial charge < -0.3 is 15.0 Å². The molecule has 1 atom stereocenters. The van der Waals surface area contributed by atoms with Gasteiger partial charge in [0, 0.05) is 24.9 Å². The Hall–Kier alpha value is -3.68. The molecule has 8 heteroatoms. The summed E-state index contributed by atoms with van der Waals surface area (Å²) >= 11 is 0. The highest BCUT2D eigenvalue weighted by molar-refractivity contribution is 5.95. The fourth-order valence-corrected chi connectivity index (χ4v) is 2.94. The topological polar surface area (TPSA) is 102 Å². The lowest BCUT2D eigenvalue weighted by atomic mass is 9.95. The third-order valence-corrected chi connectivity index (χ3v) is 4.62. The van der Waals surface area contributed by atoms with Crippen molar-refractivity contribution in [3.8, 4) is 0 Å². The maximum absolute atomic E-state index is 12.8. The zero-order valence-electron chi connectivity index (χ0n) is 15.4. The fourth-order valence-electron chi connectivity index (χ4n) is 2.94. The molecule has 0 radical (unpaired) electrons. The van der Waals surface area contributed by atoms with E-state index in [-0.39, 0.29) is 23.9 Å². The number of carbonyl (C=O) groups is 2. The summed E-state index contributed by atoms with van der Waals surface area (Å²) in [6.45, 7) is 1.76. The van der Waals surface area contributed by atoms with Gasteiger partial charge in [-0.3, -0.25) is 10.1 Å². The van der Waals surface area contributed by atoms with Gasteiger partial charge in [-0.2, -0.15) is 0 Å². The summed E-state index contributed by atoms with van der Waals surface area (Å²) in [7, 11) is 1.56. The summed E-state index contributed by atoms with van der Waals surface area (Å²) in [5.74, 6) is -0.559. The van der Waals surface area contributed by atoms with Gasteiger partial charge in [-0.1, -0.05) is 30.3 Å². The number of amides is 2. The first-order chi connectivity index (χ1) is 13.4. The third kappa shape index (κ3) is 3.85. The van der Waals surface area contributed by atoms with Crippen LogP contribution in [-0.4, -0.2) is 28.9 Å². The zero-order chi connectivity index (χ0) is 20.3. The van der Waals surface area contributed by atoms with Crippen molar-refractivity contribution < 1.29 is 19.2 Å². The van der Waals surface area contributed by atoms with E-state index in [0.29, 0.717) is 11.3 Å². The Balaban J connectivity index is 1.90. The van der Waals surface area contributed by atoms with Crippen LogP contribution >= 0.6 is 0 Å². The standard InChI is InChI=1S/C20H19N3O5/c1-13-17(19(24)28-12-14-6-4-3-5-7-14)18(21-20(25)22(13)2)15-8-10-16(11-9-15)23(26)27/h3-11,18H,12H2,1-2H3,(H,21,25)/t18-/m1/s1. The average molecular weight is 381 g/mol. The predicted octanol–water partition coefficient (Wildman–Crippen LogP) is 3.31. The number of nitro benzene ring substituents is 1. The lowest BCUT2D eigenvalue weighted by Gasteiger charge is -2.33. The number of rotatable bonds is 5. The van der Waals surface area contributed by atoms with E-state index in [1.807, 2.05) is 30.3 Å². The number of non-ortho nitro benzene ring substituents is 1. The molecular weight excluding hydrogens is 362 g/mol. The summed E-state index contributed by atoms with van der Waals surface area (Å²) in [5, 5.41) is 13.6. The van der Waals surface area contributed by atoms with Crippen molar-refractivity contribution in [3.63, 3.8) is 0 Å². The minimum Gasteiger partial charge on any atom is -0.457 e. The van der Waals surface area contributed by atoms with Crippen LogP contribution in [0.3, 0.4) is 0 Å². The summed E-state index contributed by atoms with van der Waals surface area (Å²) in [6, 6.07) is 13.8. The number of carbonyl (C=O) groups excluding carboxylic acids is 2. The van der Waals surface area contributed by atoms with E-state index in [4.69, 9.17) is 4.74 Å². The van der Waals surface area contributed by atoms with E-state index in [0.717, 1.165) is 5.56 Å². The minimum absolute atomic E-state index is 0.0723. The summed E-state index contributed by atoms with van der Waals surface area (Å²) < 4.78 is 5.45. The molecule has 0 bridgehead atoms. The average Bonchev–Trinajstić information content (AvgIpc) is 2.71. The lowest BCUT2D eigenvalue weighted by molar-refractivity contribution is -0.384. The quantitative estimate of drug-likeness (QED) is 0.486. The van der Waals surface area contributed by atoms with Crippen LogP contribution in [0, 0.1) is 10.1 Å². The molecule has 0 saturated heterocycles. The number of nitrogens with one attached hydrogen (secondary N) is 1. The molecular formula is C20H19N3O5. The van der Waals surface area contributed by atoms with E-state index >= 15 is 0 Å². The van der Waals surface area contributed by atoms with Crippen LogP contribution in [0.5, 0.6) is 0 Å². The molecule has 2 amide bonds. The number of esters is 1. The van der Waals surface area contributed by atoms with E-state index in [1.54, 1.807) is 14.0 Å². The number of hydrogen-bond donors (Lipinski definition) is 1. The first-order valence-corrected chi connectivity index (χ1v) is 8.59. The van der Waals surface area contributed by atoms with Gasteiger partial charge in [0.2, 0.25) is 0 Å². The largest absolute Gasteiger partial charge is 0.457 e. The van der Waals surface area contributed by atoms with E-state index < -0.39 is 16.9 Å². The molecule has 144 valence electrons. The van der Waals surface area contributed by atoms with Crippen molar-refractivity contribution in [2.75, 3.05) is 7.05 Å². The second-order valence-electron chi connectivity index (χ2n) is 6.35. The van der Waals surface area contributed by atoms with Gasteiger partial charge in [0.05, 0.1) is 16.5 Å². The molecule has 28 heavy (non-hydrogen) atoms. The van der Waals surface area contributed by atoms with Crippen LogP contribution in [0.15, 0.2) is 65.9 Å². The molecule has 8 nitrogen and oxygen atoms in total. The van der Waals surface area contributed by atoms with Gasteiger partial charge in [0.15, 0.2) is 0 Å². The molecule has 1 heterocycles.